The number of ether oxygens (including phenoxy) is 2. The lowest BCUT2D eigenvalue weighted by molar-refractivity contribution is -0.143. The number of likely N-dealkylation sites (tertiary alicyclic amines) is 1. The fourth-order valence-electron chi connectivity index (χ4n) is 6.00. The molecule has 0 aliphatic carbocycles. The normalized spacial score (nSPS) is 23.7. The number of benzene rings is 1. The van der Waals surface area contributed by atoms with Crippen LogP contribution in [0.15, 0.2) is 30.3 Å². The molecule has 2 saturated heterocycles. The molecule has 3 atom stereocenters. The number of rotatable bonds is 10. The maximum atomic E-state index is 14.3. The number of carbonyl (C=O) groups is 1. The predicted octanol–water partition coefficient (Wildman–Crippen LogP) is 5.31. The first-order chi connectivity index (χ1) is 18.3. The lowest BCUT2D eigenvalue weighted by Crippen LogP contribution is -2.34. The van der Waals surface area contributed by atoms with E-state index in [1.807, 2.05) is 4.90 Å². The molecular formula is C30H40FN3O4. The van der Waals surface area contributed by atoms with Crippen molar-refractivity contribution in [3.63, 3.8) is 0 Å². The van der Waals surface area contributed by atoms with Crippen LogP contribution in [0.25, 0.3) is 0 Å². The number of aromatic nitrogens is 1. The maximum absolute atomic E-state index is 14.3. The SMILES string of the molecule is CC1(C)COC(c2ccc(F)cc2C(C(=O)O)N2CC[C@@H](OCCCCc3ccc4c(n3)NCCC4)C2)C1. The molecule has 2 N–H and O–H groups in total. The van der Waals surface area contributed by atoms with Crippen molar-refractivity contribution >= 4 is 11.8 Å². The van der Waals surface area contributed by atoms with Gasteiger partial charge in [0, 0.05) is 31.9 Å². The van der Waals surface area contributed by atoms with E-state index in [1.165, 1.54) is 17.7 Å². The molecule has 206 valence electrons. The molecule has 0 bridgehead atoms. The van der Waals surface area contributed by atoms with Crippen LogP contribution in [0.1, 0.15) is 80.5 Å². The highest BCUT2D eigenvalue weighted by Gasteiger charge is 2.39. The lowest BCUT2D eigenvalue weighted by Gasteiger charge is -2.28. The van der Waals surface area contributed by atoms with Gasteiger partial charge in [-0.3, -0.25) is 9.69 Å². The van der Waals surface area contributed by atoms with Crippen LogP contribution in [0, 0.1) is 11.2 Å². The van der Waals surface area contributed by atoms with Crippen molar-refractivity contribution in [2.75, 3.05) is 38.2 Å². The number of nitrogens with zero attached hydrogens (tertiary/aromatic N) is 2. The molecule has 8 heteroatoms. The monoisotopic (exact) mass is 525 g/mol. The molecule has 2 unspecified atom stereocenters. The van der Waals surface area contributed by atoms with E-state index in [0.29, 0.717) is 31.9 Å². The van der Waals surface area contributed by atoms with E-state index >= 15 is 0 Å². The Morgan fingerprint density at radius 2 is 2.18 bits per heavy atom. The zero-order valence-electron chi connectivity index (χ0n) is 22.5. The van der Waals surface area contributed by atoms with Crippen molar-refractivity contribution in [3.8, 4) is 0 Å². The van der Waals surface area contributed by atoms with Gasteiger partial charge in [-0.05, 0) is 85.3 Å². The van der Waals surface area contributed by atoms with Crippen molar-refractivity contribution in [1.29, 1.82) is 0 Å². The quantitative estimate of drug-likeness (QED) is 0.407. The topological polar surface area (TPSA) is 83.9 Å². The Labute approximate surface area is 224 Å². The zero-order valence-corrected chi connectivity index (χ0v) is 22.5. The number of fused-ring (bicyclic) bond motifs is 1. The minimum atomic E-state index is -0.971. The van der Waals surface area contributed by atoms with E-state index in [4.69, 9.17) is 14.5 Å². The van der Waals surface area contributed by atoms with Gasteiger partial charge in [0.15, 0.2) is 0 Å². The number of aliphatic carboxylic acids is 1. The van der Waals surface area contributed by atoms with E-state index < -0.39 is 17.8 Å². The molecule has 1 aromatic carbocycles. The first-order valence-electron chi connectivity index (χ1n) is 14.0. The summed E-state index contributed by atoms with van der Waals surface area (Å²) in [6, 6.07) is 7.87. The van der Waals surface area contributed by atoms with E-state index in [2.05, 4.69) is 31.3 Å². The predicted molar refractivity (Wildman–Crippen MR) is 144 cm³/mol. The highest BCUT2D eigenvalue weighted by molar-refractivity contribution is 5.76. The fraction of sp³-hybridized carbons (Fsp3) is 0.600. The van der Waals surface area contributed by atoms with Gasteiger partial charge < -0.3 is 19.9 Å². The van der Waals surface area contributed by atoms with E-state index in [0.717, 1.165) is 68.6 Å². The minimum absolute atomic E-state index is 0.00841. The number of anilines is 1. The molecule has 2 aromatic rings. The first-order valence-corrected chi connectivity index (χ1v) is 14.0. The number of unbranched alkanes of at least 4 members (excludes halogenated alkanes) is 1. The maximum Gasteiger partial charge on any atom is 0.325 e. The van der Waals surface area contributed by atoms with Gasteiger partial charge in [-0.1, -0.05) is 26.0 Å². The van der Waals surface area contributed by atoms with Crippen LogP contribution in [0.4, 0.5) is 10.2 Å². The van der Waals surface area contributed by atoms with Crippen LogP contribution < -0.4 is 5.32 Å². The van der Waals surface area contributed by atoms with Crippen molar-refractivity contribution in [2.24, 2.45) is 5.41 Å². The standard InChI is InChI=1S/C30H40FN3O4/c1-30(2)17-26(38-19-30)24-11-9-21(31)16-25(24)27(29(35)36)34-14-12-23(18-34)37-15-4-3-7-22-10-8-20-6-5-13-32-28(20)33-22/h8-11,16,23,26-27H,3-7,12-15,17-19H2,1-2H3,(H,32,33)(H,35,36)/t23-,26?,27?/m1/s1. The van der Waals surface area contributed by atoms with E-state index in [1.54, 1.807) is 6.07 Å². The van der Waals surface area contributed by atoms with Gasteiger partial charge >= 0.3 is 5.97 Å². The third-order valence-corrected chi connectivity index (χ3v) is 8.01. The van der Waals surface area contributed by atoms with Gasteiger partial charge in [-0.25, -0.2) is 9.37 Å². The second-order valence-electron chi connectivity index (χ2n) is 11.8. The molecule has 3 aliphatic rings. The van der Waals surface area contributed by atoms with Crippen molar-refractivity contribution in [2.45, 2.75) is 77.0 Å². The number of halogens is 1. The smallest absolute Gasteiger partial charge is 0.325 e. The van der Waals surface area contributed by atoms with Gasteiger partial charge in [0.05, 0.1) is 18.8 Å². The summed E-state index contributed by atoms with van der Waals surface area (Å²) in [7, 11) is 0. The highest BCUT2D eigenvalue weighted by Crippen LogP contribution is 2.43. The summed E-state index contributed by atoms with van der Waals surface area (Å²) in [5.41, 5.74) is 3.69. The Kier molecular flexibility index (Phi) is 8.31. The molecule has 1 aromatic heterocycles. The third-order valence-electron chi connectivity index (χ3n) is 8.01. The Morgan fingerprint density at radius 3 is 2.97 bits per heavy atom. The molecule has 2 fully saturated rings. The molecule has 38 heavy (non-hydrogen) atoms. The van der Waals surface area contributed by atoms with Crippen LogP contribution in [0.3, 0.4) is 0 Å². The molecule has 5 rings (SSSR count). The number of hydrogen-bond acceptors (Lipinski definition) is 6. The minimum Gasteiger partial charge on any atom is -0.480 e. The summed E-state index contributed by atoms with van der Waals surface area (Å²) in [4.78, 5) is 19.1. The van der Waals surface area contributed by atoms with E-state index in [-0.39, 0.29) is 17.6 Å². The lowest BCUT2D eigenvalue weighted by atomic mass is 9.86. The number of pyridine rings is 1. The molecule has 3 aliphatic heterocycles. The van der Waals surface area contributed by atoms with Gasteiger partial charge in [0.1, 0.15) is 17.7 Å². The largest absolute Gasteiger partial charge is 0.480 e. The molecule has 0 amide bonds. The van der Waals surface area contributed by atoms with Crippen LogP contribution >= 0.6 is 0 Å². The summed E-state index contributed by atoms with van der Waals surface area (Å²) in [5, 5.41) is 13.6. The summed E-state index contributed by atoms with van der Waals surface area (Å²) >= 11 is 0. The van der Waals surface area contributed by atoms with Gasteiger partial charge in [-0.15, -0.1) is 0 Å². The molecule has 4 heterocycles. The molecule has 0 spiro atoms. The first kappa shape index (κ1) is 27.0. The van der Waals surface area contributed by atoms with Gasteiger partial charge in [0.2, 0.25) is 0 Å². The van der Waals surface area contributed by atoms with Crippen molar-refractivity contribution in [1.82, 2.24) is 9.88 Å². The van der Waals surface area contributed by atoms with Crippen molar-refractivity contribution < 1.29 is 23.8 Å². The fourth-order valence-corrected chi connectivity index (χ4v) is 6.00. The Morgan fingerprint density at radius 1 is 1.32 bits per heavy atom. The van der Waals surface area contributed by atoms with Crippen molar-refractivity contribution in [3.05, 3.63) is 58.5 Å². The second-order valence-corrected chi connectivity index (χ2v) is 11.8. The number of carboxylic acids is 1. The van der Waals surface area contributed by atoms with E-state index in [9.17, 15) is 14.3 Å². The number of nitrogens with one attached hydrogen (secondary N) is 1. The molecule has 0 saturated carbocycles. The molecule has 0 radical (unpaired) electrons. The average Bonchev–Trinajstić information content (AvgIpc) is 3.49. The third kappa shape index (κ3) is 6.35. The van der Waals surface area contributed by atoms with Crippen LogP contribution in [0.2, 0.25) is 0 Å². The van der Waals surface area contributed by atoms with Gasteiger partial charge in [0.25, 0.3) is 0 Å². The highest BCUT2D eigenvalue weighted by atomic mass is 19.1. The summed E-state index contributed by atoms with van der Waals surface area (Å²) < 4.78 is 26.5. The summed E-state index contributed by atoms with van der Waals surface area (Å²) in [6.45, 7) is 7.61. The summed E-state index contributed by atoms with van der Waals surface area (Å²) in [5.74, 6) is -0.362. The Balaban J connectivity index is 1.14. The Bertz CT molecular complexity index is 1140. The van der Waals surface area contributed by atoms with Crippen LogP contribution in [-0.4, -0.2) is 59.9 Å². The summed E-state index contributed by atoms with van der Waals surface area (Å²) in [6.07, 6.45) is 6.38. The molecule has 7 nitrogen and oxygen atoms in total. The number of hydrogen-bond donors (Lipinski definition) is 2. The number of carboxylic acid groups (broad SMARTS) is 1. The van der Waals surface area contributed by atoms with Crippen LogP contribution in [0.5, 0.6) is 0 Å². The number of aryl methyl sites for hydroxylation is 2. The second kappa shape index (κ2) is 11.7. The zero-order chi connectivity index (χ0) is 26.7. The Hall–Kier alpha value is -2.55. The van der Waals surface area contributed by atoms with Crippen LogP contribution in [-0.2, 0) is 27.1 Å². The van der Waals surface area contributed by atoms with Gasteiger partial charge in [-0.2, -0.15) is 0 Å². The molecular weight excluding hydrogens is 485 g/mol. The average molecular weight is 526 g/mol.